The van der Waals surface area contributed by atoms with Crippen LogP contribution in [0.2, 0.25) is 15.1 Å². The molecule has 0 saturated heterocycles. The van der Waals surface area contributed by atoms with Gasteiger partial charge >= 0.3 is 0 Å². The fourth-order valence-electron chi connectivity index (χ4n) is 2.38. The minimum Gasteiger partial charge on any atom is -0.484 e. The number of nitrogens with zero attached hydrogens (tertiary/aromatic N) is 1. The highest BCUT2D eigenvalue weighted by molar-refractivity contribution is 6.37. The van der Waals surface area contributed by atoms with E-state index in [9.17, 15) is 10.0 Å². The second-order valence-corrected chi connectivity index (χ2v) is 6.99. The molecule has 0 unspecified atom stereocenters. The molecule has 0 spiro atoms. The summed E-state index contributed by atoms with van der Waals surface area (Å²) in [6, 6.07) is 12.9. The van der Waals surface area contributed by atoms with E-state index in [4.69, 9.17) is 44.3 Å². The lowest BCUT2D eigenvalue weighted by Gasteiger charge is -2.14. The molecule has 0 atom stereocenters. The molecule has 140 valence electrons. The second-order valence-electron chi connectivity index (χ2n) is 5.73. The van der Waals surface area contributed by atoms with Gasteiger partial charge in [0.25, 0.3) is 5.56 Å². The van der Waals surface area contributed by atoms with Crippen LogP contribution in [0.4, 0.5) is 0 Å². The Morgan fingerprint density at radius 2 is 1.59 bits per heavy atom. The molecule has 1 aromatic heterocycles. The largest absolute Gasteiger partial charge is 0.484 e. The summed E-state index contributed by atoms with van der Waals surface area (Å²) in [6.45, 7) is 1.65. The number of hydrogen-bond donors (Lipinski definition) is 1. The predicted octanol–water partition coefficient (Wildman–Crippen LogP) is 5.73. The SMILES string of the molecule is Cc1cc(COc2c(Cl)cc(Oc3ccc(Cl)cc3)cc2Cl)n(O)c(=O)c1. The Labute approximate surface area is 170 Å². The molecule has 8 heteroatoms. The number of ether oxygens (including phenoxy) is 2. The Hall–Kier alpha value is -2.34. The van der Waals surface area contributed by atoms with Gasteiger partial charge in [-0.1, -0.05) is 34.8 Å². The van der Waals surface area contributed by atoms with Gasteiger partial charge in [0.05, 0.1) is 15.7 Å². The van der Waals surface area contributed by atoms with Crippen LogP contribution in [0.5, 0.6) is 17.2 Å². The third kappa shape index (κ3) is 4.69. The first kappa shape index (κ1) is 19.4. The molecule has 27 heavy (non-hydrogen) atoms. The van der Waals surface area contributed by atoms with Crippen LogP contribution in [-0.2, 0) is 6.61 Å². The first-order valence-corrected chi connectivity index (χ1v) is 8.94. The van der Waals surface area contributed by atoms with Gasteiger partial charge in [-0.15, -0.1) is 4.73 Å². The van der Waals surface area contributed by atoms with E-state index < -0.39 is 5.56 Å². The molecule has 5 nitrogen and oxygen atoms in total. The van der Waals surface area contributed by atoms with Crippen molar-refractivity contribution in [1.82, 2.24) is 4.73 Å². The van der Waals surface area contributed by atoms with Gasteiger partial charge in [0.2, 0.25) is 0 Å². The van der Waals surface area contributed by atoms with E-state index in [1.807, 2.05) is 0 Å². The molecule has 0 aliphatic carbocycles. The van der Waals surface area contributed by atoms with E-state index in [-0.39, 0.29) is 28.1 Å². The molecule has 0 amide bonds. The molecule has 1 heterocycles. The van der Waals surface area contributed by atoms with Crippen molar-refractivity contribution in [2.24, 2.45) is 0 Å². The Morgan fingerprint density at radius 1 is 0.963 bits per heavy atom. The smallest absolute Gasteiger partial charge is 0.283 e. The van der Waals surface area contributed by atoms with E-state index in [0.29, 0.717) is 26.8 Å². The summed E-state index contributed by atoms with van der Waals surface area (Å²) in [5, 5.41) is 10.8. The van der Waals surface area contributed by atoms with Crippen LogP contribution in [0.1, 0.15) is 11.3 Å². The van der Waals surface area contributed by atoms with Gasteiger partial charge in [0.15, 0.2) is 5.75 Å². The third-order valence-corrected chi connectivity index (χ3v) is 4.43. The van der Waals surface area contributed by atoms with Gasteiger partial charge in [0, 0.05) is 23.2 Å². The molecule has 0 bridgehead atoms. The normalized spacial score (nSPS) is 10.7. The number of halogens is 3. The fourth-order valence-corrected chi connectivity index (χ4v) is 3.09. The van der Waals surface area contributed by atoms with Crippen LogP contribution < -0.4 is 15.0 Å². The second kappa shape index (κ2) is 8.13. The molecule has 0 saturated carbocycles. The molecule has 3 rings (SSSR count). The lowest BCUT2D eigenvalue weighted by molar-refractivity contribution is 0.147. The van der Waals surface area contributed by atoms with Crippen molar-refractivity contribution in [3.05, 3.63) is 85.2 Å². The molecule has 0 radical (unpaired) electrons. The summed E-state index contributed by atoms with van der Waals surface area (Å²) in [6.07, 6.45) is 0. The van der Waals surface area contributed by atoms with Gasteiger partial charge in [-0.25, -0.2) is 0 Å². The summed E-state index contributed by atoms with van der Waals surface area (Å²) in [7, 11) is 0. The monoisotopic (exact) mass is 425 g/mol. The van der Waals surface area contributed by atoms with E-state index >= 15 is 0 Å². The zero-order chi connectivity index (χ0) is 19.6. The highest BCUT2D eigenvalue weighted by Crippen LogP contribution is 2.38. The van der Waals surface area contributed by atoms with E-state index in [1.54, 1.807) is 49.4 Å². The van der Waals surface area contributed by atoms with Crippen molar-refractivity contribution >= 4 is 34.8 Å². The quantitative estimate of drug-likeness (QED) is 0.530. The van der Waals surface area contributed by atoms with Crippen LogP contribution in [0.15, 0.2) is 53.3 Å². The maximum atomic E-state index is 11.6. The Bertz CT molecular complexity index is 1010. The van der Waals surface area contributed by atoms with Gasteiger partial charge < -0.3 is 14.7 Å². The van der Waals surface area contributed by atoms with Crippen molar-refractivity contribution in [2.45, 2.75) is 13.5 Å². The molecular weight excluding hydrogens is 413 g/mol. The number of hydrogen-bond acceptors (Lipinski definition) is 4. The molecule has 0 fully saturated rings. The van der Waals surface area contributed by atoms with Crippen molar-refractivity contribution < 1.29 is 14.7 Å². The Balaban J connectivity index is 1.79. The molecule has 0 aliphatic rings. The highest BCUT2D eigenvalue weighted by Gasteiger charge is 2.13. The minimum absolute atomic E-state index is 0.0930. The van der Waals surface area contributed by atoms with Crippen molar-refractivity contribution in [2.75, 3.05) is 0 Å². The van der Waals surface area contributed by atoms with Gasteiger partial charge in [-0.2, -0.15) is 0 Å². The standard InChI is InChI=1S/C19H14Cl3NO4/c1-11-6-13(23(25)18(24)7-11)10-26-19-16(21)8-15(9-17(19)22)27-14-4-2-12(20)3-5-14/h2-9,25H,10H2,1H3. The summed E-state index contributed by atoms with van der Waals surface area (Å²) in [4.78, 5) is 11.6. The molecule has 2 aromatic carbocycles. The van der Waals surface area contributed by atoms with E-state index in [2.05, 4.69) is 0 Å². The molecule has 0 aliphatic heterocycles. The van der Waals surface area contributed by atoms with Gasteiger partial charge in [-0.05, 0) is 42.8 Å². The maximum absolute atomic E-state index is 11.6. The van der Waals surface area contributed by atoms with Crippen molar-refractivity contribution in [1.29, 1.82) is 0 Å². The predicted molar refractivity (Wildman–Crippen MR) is 105 cm³/mol. The fraction of sp³-hybridized carbons (Fsp3) is 0.105. The van der Waals surface area contributed by atoms with Crippen LogP contribution >= 0.6 is 34.8 Å². The Morgan fingerprint density at radius 3 is 2.22 bits per heavy atom. The Kier molecular flexibility index (Phi) is 5.85. The first-order chi connectivity index (χ1) is 12.8. The molecule has 1 N–H and O–H groups in total. The zero-order valence-corrected chi connectivity index (χ0v) is 16.3. The number of pyridine rings is 1. The third-order valence-electron chi connectivity index (χ3n) is 3.61. The molecule has 3 aromatic rings. The van der Waals surface area contributed by atoms with Crippen LogP contribution in [0.25, 0.3) is 0 Å². The summed E-state index contributed by atoms with van der Waals surface area (Å²) in [5.41, 5.74) is 0.430. The van der Waals surface area contributed by atoms with Crippen molar-refractivity contribution in [3.63, 3.8) is 0 Å². The van der Waals surface area contributed by atoms with E-state index in [0.717, 1.165) is 0 Å². The zero-order valence-electron chi connectivity index (χ0n) is 14.1. The van der Waals surface area contributed by atoms with Gasteiger partial charge in [-0.3, -0.25) is 4.79 Å². The van der Waals surface area contributed by atoms with Gasteiger partial charge in [0.1, 0.15) is 18.1 Å². The number of benzene rings is 2. The number of rotatable bonds is 5. The van der Waals surface area contributed by atoms with Crippen LogP contribution in [0.3, 0.4) is 0 Å². The summed E-state index contributed by atoms with van der Waals surface area (Å²) >= 11 is 18.4. The van der Waals surface area contributed by atoms with Crippen molar-refractivity contribution in [3.8, 4) is 17.2 Å². The lowest BCUT2D eigenvalue weighted by Crippen LogP contribution is -2.22. The summed E-state index contributed by atoms with van der Waals surface area (Å²) < 4.78 is 11.8. The number of aryl methyl sites for hydroxylation is 1. The highest BCUT2D eigenvalue weighted by atomic mass is 35.5. The number of aromatic nitrogens is 1. The average Bonchev–Trinajstić information content (AvgIpc) is 2.60. The lowest BCUT2D eigenvalue weighted by atomic mass is 10.2. The summed E-state index contributed by atoms with van der Waals surface area (Å²) in [5.74, 6) is 1.22. The van der Waals surface area contributed by atoms with E-state index in [1.165, 1.54) is 6.07 Å². The molecular formula is C19H14Cl3NO4. The minimum atomic E-state index is -0.544. The van der Waals surface area contributed by atoms with Crippen LogP contribution in [-0.4, -0.2) is 9.94 Å². The first-order valence-electron chi connectivity index (χ1n) is 7.80. The van der Waals surface area contributed by atoms with Crippen LogP contribution in [0, 0.1) is 6.92 Å². The topological polar surface area (TPSA) is 60.7 Å². The average molecular weight is 427 g/mol. The maximum Gasteiger partial charge on any atom is 0.283 e.